The van der Waals surface area contributed by atoms with Gasteiger partial charge < -0.3 is 25.0 Å². The smallest absolute Gasteiger partial charge is 0.308 e. The Hall–Kier alpha value is -3.46. The fraction of sp³-hybridized carbons (Fsp3) is 0.576. The quantitative estimate of drug-likeness (QED) is 0.376. The number of aromatic nitrogens is 1. The van der Waals surface area contributed by atoms with Crippen LogP contribution in [0, 0.1) is 11.8 Å². The second kappa shape index (κ2) is 15.1. The van der Waals surface area contributed by atoms with E-state index in [0.29, 0.717) is 49.8 Å². The van der Waals surface area contributed by atoms with Crippen LogP contribution in [0.25, 0.3) is 0 Å². The molecular weight excluding hydrogens is 532 g/mol. The number of hydrogen-bond donors (Lipinski definition) is 2. The number of nitrogens with zero attached hydrogens (tertiary/aromatic N) is 2. The minimum Gasteiger partial charge on any atom is -0.487 e. The summed E-state index contributed by atoms with van der Waals surface area (Å²) in [6.45, 7) is 8.94. The van der Waals surface area contributed by atoms with Gasteiger partial charge in [0.1, 0.15) is 18.0 Å². The van der Waals surface area contributed by atoms with Gasteiger partial charge in [-0.3, -0.25) is 19.4 Å². The first kappa shape index (κ1) is 31.5. The molecule has 2 aliphatic rings. The van der Waals surface area contributed by atoms with Gasteiger partial charge in [-0.05, 0) is 89.1 Å². The molecule has 0 spiro atoms. The monoisotopic (exact) mass is 578 g/mol. The molecule has 0 saturated carbocycles. The van der Waals surface area contributed by atoms with Crippen molar-refractivity contribution in [2.45, 2.75) is 84.0 Å². The maximum atomic E-state index is 13.6. The highest BCUT2D eigenvalue weighted by molar-refractivity contribution is 5.82. The molecule has 2 aliphatic heterocycles. The fourth-order valence-corrected chi connectivity index (χ4v) is 5.61. The van der Waals surface area contributed by atoms with E-state index in [-0.39, 0.29) is 24.2 Å². The fourth-order valence-electron chi connectivity index (χ4n) is 5.61. The molecule has 2 saturated heterocycles. The molecule has 2 N–H and O–H groups in total. The van der Waals surface area contributed by atoms with Gasteiger partial charge in [-0.1, -0.05) is 30.3 Å². The number of benzene rings is 1. The standard InChI is InChI=1S/C33H46N4O5/c1-33(2,3)42-31(39)19-29(27-18-28(21-35-20-27)41-23-25-8-5-4-6-9-25)36-32(40)26-10-7-17-37(22-26)30(38)12-11-24-13-15-34-16-14-24/h4-6,8-9,18,20-21,24,26,29,34H,7,10-17,19,22-23H2,1-3H3,(H,36,40)/t26-,29?/m1/s1. The van der Waals surface area contributed by atoms with E-state index in [0.717, 1.165) is 44.3 Å². The molecule has 1 unspecified atom stereocenters. The topological polar surface area (TPSA) is 110 Å². The van der Waals surface area contributed by atoms with Crippen LogP contribution in [0.15, 0.2) is 48.8 Å². The number of amides is 2. The van der Waals surface area contributed by atoms with Crippen molar-refractivity contribution in [2.24, 2.45) is 11.8 Å². The van der Waals surface area contributed by atoms with Crippen LogP contribution in [0.3, 0.4) is 0 Å². The van der Waals surface area contributed by atoms with Gasteiger partial charge in [0.05, 0.1) is 24.6 Å². The van der Waals surface area contributed by atoms with Crippen molar-refractivity contribution in [1.29, 1.82) is 0 Å². The molecule has 2 fully saturated rings. The number of hydrogen-bond acceptors (Lipinski definition) is 7. The molecule has 9 nitrogen and oxygen atoms in total. The van der Waals surface area contributed by atoms with Crippen molar-refractivity contribution >= 4 is 17.8 Å². The van der Waals surface area contributed by atoms with Crippen LogP contribution in [0.1, 0.15) is 82.9 Å². The Morgan fingerprint density at radius 1 is 1.10 bits per heavy atom. The lowest BCUT2D eigenvalue weighted by molar-refractivity contribution is -0.155. The minimum atomic E-state index is -0.650. The van der Waals surface area contributed by atoms with Crippen molar-refractivity contribution in [1.82, 2.24) is 20.5 Å². The largest absolute Gasteiger partial charge is 0.487 e. The first-order valence-electron chi connectivity index (χ1n) is 15.3. The third-order valence-corrected chi connectivity index (χ3v) is 7.86. The molecule has 9 heteroatoms. The van der Waals surface area contributed by atoms with Crippen LogP contribution in [-0.2, 0) is 25.7 Å². The van der Waals surface area contributed by atoms with E-state index < -0.39 is 17.6 Å². The number of ether oxygens (including phenoxy) is 2. The van der Waals surface area contributed by atoms with Crippen LogP contribution in [-0.4, -0.2) is 59.4 Å². The van der Waals surface area contributed by atoms with Crippen molar-refractivity contribution in [3.05, 3.63) is 59.9 Å². The third kappa shape index (κ3) is 10.1. The first-order valence-corrected chi connectivity index (χ1v) is 15.3. The summed E-state index contributed by atoms with van der Waals surface area (Å²) in [5.41, 5.74) is 1.03. The van der Waals surface area contributed by atoms with E-state index in [1.54, 1.807) is 12.4 Å². The molecule has 2 amide bonds. The zero-order valence-electron chi connectivity index (χ0n) is 25.3. The van der Waals surface area contributed by atoms with Crippen LogP contribution in [0.5, 0.6) is 5.75 Å². The van der Waals surface area contributed by atoms with Gasteiger partial charge in [0.2, 0.25) is 11.8 Å². The number of carbonyl (C=O) groups is 3. The van der Waals surface area contributed by atoms with Gasteiger partial charge >= 0.3 is 5.97 Å². The van der Waals surface area contributed by atoms with E-state index in [9.17, 15) is 14.4 Å². The predicted octanol–water partition coefficient (Wildman–Crippen LogP) is 4.57. The van der Waals surface area contributed by atoms with Crippen molar-refractivity contribution in [3.8, 4) is 5.75 Å². The van der Waals surface area contributed by atoms with Crippen molar-refractivity contribution in [3.63, 3.8) is 0 Å². The minimum absolute atomic E-state index is 0.0432. The van der Waals surface area contributed by atoms with E-state index in [1.807, 2.05) is 62.1 Å². The summed E-state index contributed by atoms with van der Waals surface area (Å²) in [5, 5.41) is 6.45. The first-order chi connectivity index (χ1) is 20.2. The molecule has 1 aromatic carbocycles. The number of piperidine rings is 2. The third-order valence-electron chi connectivity index (χ3n) is 7.86. The molecule has 2 atom stereocenters. The Morgan fingerprint density at radius 3 is 2.60 bits per heavy atom. The molecule has 0 aliphatic carbocycles. The summed E-state index contributed by atoms with van der Waals surface area (Å²) in [6, 6.07) is 11.0. The molecule has 4 rings (SSSR count). The number of carbonyl (C=O) groups excluding carboxylic acids is 3. The molecular formula is C33H46N4O5. The van der Waals surface area contributed by atoms with Gasteiger partial charge in [-0.15, -0.1) is 0 Å². The van der Waals surface area contributed by atoms with Crippen molar-refractivity contribution < 1.29 is 23.9 Å². The molecule has 1 aromatic heterocycles. The number of rotatable bonds is 11. The molecule has 2 aromatic rings. The van der Waals surface area contributed by atoms with Crippen molar-refractivity contribution in [2.75, 3.05) is 26.2 Å². The summed E-state index contributed by atoms with van der Waals surface area (Å²) in [5.74, 6) is 0.338. The Bertz CT molecular complexity index is 1180. The number of likely N-dealkylation sites (tertiary alicyclic amines) is 1. The number of nitrogens with one attached hydrogen (secondary N) is 2. The summed E-state index contributed by atoms with van der Waals surface area (Å²) in [7, 11) is 0. The van der Waals surface area contributed by atoms with Gasteiger partial charge in [0, 0.05) is 25.7 Å². The van der Waals surface area contributed by atoms with Crippen LogP contribution in [0.2, 0.25) is 0 Å². The second-order valence-corrected chi connectivity index (χ2v) is 12.5. The Labute approximate surface area is 249 Å². The van der Waals surface area contributed by atoms with Gasteiger partial charge in [-0.25, -0.2) is 0 Å². The summed E-state index contributed by atoms with van der Waals surface area (Å²) in [4.78, 5) is 45.6. The average Bonchev–Trinajstić information content (AvgIpc) is 2.99. The van der Waals surface area contributed by atoms with Crippen LogP contribution >= 0.6 is 0 Å². The van der Waals surface area contributed by atoms with Crippen LogP contribution < -0.4 is 15.4 Å². The second-order valence-electron chi connectivity index (χ2n) is 12.5. The molecule has 42 heavy (non-hydrogen) atoms. The van der Waals surface area contributed by atoms with E-state index in [4.69, 9.17) is 9.47 Å². The van der Waals surface area contributed by atoms with Gasteiger partial charge in [0.15, 0.2) is 0 Å². The van der Waals surface area contributed by atoms with Gasteiger partial charge in [-0.2, -0.15) is 0 Å². The molecule has 3 heterocycles. The lowest BCUT2D eigenvalue weighted by Crippen LogP contribution is -2.46. The maximum absolute atomic E-state index is 13.6. The Morgan fingerprint density at radius 2 is 1.86 bits per heavy atom. The molecule has 228 valence electrons. The average molecular weight is 579 g/mol. The highest BCUT2D eigenvalue weighted by Gasteiger charge is 2.31. The lowest BCUT2D eigenvalue weighted by atomic mass is 9.92. The Balaban J connectivity index is 1.40. The van der Waals surface area contributed by atoms with Gasteiger partial charge in [0.25, 0.3) is 0 Å². The van der Waals surface area contributed by atoms with E-state index >= 15 is 0 Å². The highest BCUT2D eigenvalue weighted by atomic mass is 16.6. The van der Waals surface area contributed by atoms with Crippen LogP contribution in [0.4, 0.5) is 0 Å². The zero-order chi connectivity index (χ0) is 30.0. The lowest BCUT2D eigenvalue weighted by Gasteiger charge is -2.33. The predicted molar refractivity (Wildman–Crippen MR) is 160 cm³/mol. The summed E-state index contributed by atoms with van der Waals surface area (Å²) >= 11 is 0. The SMILES string of the molecule is CC(C)(C)OC(=O)CC(NC(=O)[C@@H]1CCCN(C(=O)CCC2CCNCC2)C1)c1cncc(OCc2ccccc2)c1. The van der Waals surface area contributed by atoms with E-state index in [2.05, 4.69) is 15.6 Å². The molecule has 0 bridgehead atoms. The normalized spacial score (nSPS) is 18.6. The number of esters is 1. The maximum Gasteiger partial charge on any atom is 0.308 e. The molecule has 0 radical (unpaired) electrons. The Kier molecular flexibility index (Phi) is 11.3. The highest BCUT2D eigenvalue weighted by Crippen LogP contribution is 2.26. The summed E-state index contributed by atoms with van der Waals surface area (Å²) < 4.78 is 11.5. The van der Waals surface area contributed by atoms with E-state index in [1.165, 1.54) is 0 Å². The number of pyridine rings is 1. The zero-order valence-corrected chi connectivity index (χ0v) is 25.3. The summed E-state index contributed by atoms with van der Waals surface area (Å²) in [6.07, 6.45) is 8.35.